The van der Waals surface area contributed by atoms with E-state index < -0.39 is 16.4 Å². The second kappa shape index (κ2) is 4.54. The van der Waals surface area contributed by atoms with E-state index in [1.54, 1.807) is 6.07 Å². The van der Waals surface area contributed by atoms with Crippen molar-refractivity contribution in [1.82, 2.24) is 5.32 Å². The minimum atomic E-state index is -0.810. The van der Waals surface area contributed by atoms with Crippen molar-refractivity contribution in [2.45, 2.75) is 6.04 Å². The third-order valence-corrected chi connectivity index (χ3v) is 2.49. The van der Waals surface area contributed by atoms with E-state index in [0.717, 1.165) is 0 Å². The van der Waals surface area contributed by atoms with Gasteiger partial charge in [0.2, 0.25) is 5.82 Å². The summed E-state index contributed by atoms with van der Waals surface area (Å²) in [5.74, 6) is -0.810. The normalized spacial score (nSPS) is 20.7. The van der Waals surface area contributed by atoms with Crippen molar-refractivity contribution in [2.24, 2.45) is 0 Å². The first-order valence-electron chi connectivity index (χ1n) is 4.93. The first-order chi connectivity index (χ1) is 7.68. The Bertz CT molecular complexity index is 405. The van der Waals surface area contributed by atoms with Crippen LogP contribution in [0.5, 0.6) is 0 Å². The molecule has 1 saturated heterocycles. The molecule has 1 atom stereocenters. The van der Waals surface area contributed by atoms with Crippen molar-refractivity contribution in [2.75, 3.05) is 19.8 Å². The number of halogens is 1. The van der Waals surface area contributed by atoms with Crippen LogP contribution in [0.4, 0.5) is 10.1 Å². The predicted octanol–water partition coefficient (Wildman–Crippen LogP) is 1.39. The summed E-state index contributed by atoms with van der Waals surface area (Å²) in [5, 5.41) is 13.6. The van der Waals surface area contributed by atoms with E-state index in [1.807, 2.05) is 0 Å². The summed E-state index contributed by atoms with van der Waals surface area (Å²) >= 11 is 0. The molecule has 1 aromatic rings. The molecule has 0 aromatic heterocycles. The second-order valence-corrected chi connectivity index (χ2v) is 3.55. The average Bonchev–Trinajstić information content (AvgIpc) is 2.29. The van der Waals surface area contributed by atoms with Crippen LogP contribution in [0.15, 0.2) is 18.2 Å². The Hall–Kier alpha value is -1.53. The standard InChI is InChI=1S/C10H11FN2O3/c11-8-5-7(1-2-10(8)13(14)15)9-6-16-4-3-12-9/h1-2,5,9,12H,3-4,6H2. The summed E-state index contributed by atoms with van der Waals surface area (Å²) in [6, 6.07) is 3.82. The van der Waals surface area contributed by atoms with Crippen molar-refractivity contribution < 1.29 is 14.1 Å². The van der Waals surface area contributed by atoms with Gasteiger partial charge in [0.1, 0.15) is 0 Å². The predicted molar refractivity (Wildman–Crippen MR) is 54.6 cm³/mol. The molecule has 0 amide bonds. The molecule has 1 aliphatic heterocycles. The van der Waals surface area contributed by atoms with E-state index in [1.165, 1.54) is 12.1 Å². The largest absolute Gasteiger partial charge is 0.378 e. The number of rotatable bonds is 2. The number of morpholine rings is 1. The van der Waals surface area contributed by atoms with Gasteiger partial charge in [-0.1, -0.05) is 6.07 Å². The molecule has 1 N–H and O–H groups in total. The molecule has 86 valence electrons. The van der Waals surface area contributed by atoms with Gasteiger partial charge in [0, 0.05) is 12.6 Å². The second-order valence-electron chi connectivity index (χ2n) is 3.55. The summed E-state index contributed by atoms with van der Waals surface area (Å²) in [6.45, 7) is 1.78. The molecule has 2 rings (SSSR count). The number of nitro benzene ring substituents is 1. The fraction of sp³-hybridized carbons (Fsp3) is 0.400. The van der Waals surface area contributed by atoms with E-state index >= 15 is 0 Å². The monoisotopic (exact) mass is 226 g/mol. The highest BCUT2D eigenvalue weighted by atomic mass is 19.1. The molecule has 16 heavy (non-hydrogen) atoms. The lowest BCUT2D eigenvalue weighted by Crippen LogP contribution is -2.34. The van der Waals surface area contributed by atoms with Crippen LogP contribution < -0.4 is 5.32 Å². The Morgan fingerprint density at radius 1 is 1.56 bits per heavy atom. The number of hydrogen-bond donors (Lipinski definition) is 1. The third-order valence-electron chi connectivity index (χ3n) is 2.49. The molecule has 1 aromatic carbocycles. The average molecular weight is 226 g/mol. The van der Waals surface area contributed by atoms with E-state index in [4.69, 9.17) is 4.74 Å². The van der Waals surface area contributed by atoms with E-state index in [0.29, 0.717) is 25.3 Å². The van der Waals surface area contributed by atoms with Gasteiger partial charge in [-0.15, -0.1) is 0 Å². The van der Waals surface area contributed by atoms with Crippen molar-refractivity contribution >= 4 is 5.69 Å². The van der Waals surface area contributed by atoms with Gasteiger partial charge in [0.25, 0.3) is 0 Å². The quantitative estimate of drug-likeness (QED) is 0.611. The smallest absolute Gasteiger partial charge is 0.304 e. The molecule has 1 unspecified atom stereocenters. The van der Waals surface area contributed by atoms with Crippen LogP contribution in [0.3, 0.4) is 0 Å². The molecular weight excluding hydrogens is 215 g/mol. The van der Waals surface area contributed by atoms with E-state index in [9.17, 15) is 14.5 Å². The first kappa shape index (κ1) is 11.0. The number of hydrogen-bond acceptors (Lipinski definition) is 4. The zero-order valence-corrected chi connectivity index (χ0v) is 8.48. The minimum absolute atomic E-state index is 0.0935. The zero-order valence-electron chi connectivity index (χ0n) is 8.48. The Morgan fingerprint density at radius 3 is 2.94 bits per heavy atom. The maximum atomic E-state index is 13.3. The maximum Gasteiger partial charge on any atom is 0.304 e. The maximum absolute atomic E-state index is 13.3. The van der Waals surface area contributed by atoms with Crippen LogP contribution in [0.1, 0.15) is 11.6 Å². The third kappa shape index (κ3) is 2.17. The lowest BCUT2D eigenvalue weighted by molar-refractivity contribution is -0.387. The molecule has 0 radical (unpaired) electrons. The lowest BCUT2D eigenvalue weighted by Gasteiger charge is -2.24. The topological polar surface area (TPSA) is 64.4 Å². The molecule has 1 heterocycles. The van der Waals surface area contributed by atoms with Gasteiger partial charge < -0.3 is 10.1 Å². The van der Waals surface area contributed by atoms with E-state index in [2.05, 4.69) is 5.32 Å². The van der Waals surface area contributed by atoms with Crippen LogP contribution >= 0.6 is 0 Å². The highest BCUT2D eigenvalue weighted by Crippen LogP contribution is 2.22. The summed E-state index contributed by atoms with van der Waals surface area (Å²) in [5.41, 5.74) is 0.170. The van der Waals surface area contributed by atoms with Crippen LogP contribution in [-0.4, -0.2) is 24.7 Å². The zero-order chi connectivity index (χ0) is 11.5. The van der Waals surface area contributed by atoms with Crippen LogP contribution in [0.25, 0.3) is 0 Å². The first-order valence-corrected chi connectivity index (χ1v) is 4.93. The summed E-state index contributed by atoms with van der Waals surface area (Å²) in [6.07, 6.45) is 0. The molecule has 0 spiro atoms. The van der Waals surface area contributed by atoms with Gasteiger partial charge in [0.15, 0.2) is 0 Å². The molecule has 6 heteroatoms. The number of ether oxygens (including phenoxy) is 1. The van der Waals surface area contributed by atoms with Crippen molar-refractivity contribution in [3.8, 4) is 0 Å². The van der Waals surface area contributed by atoms with Gasteiger partial charge in [-0.2, -0.15) is 4.39 Å². The van der Waals surface area contributed by atoms with Gasteiger partial charge in [0.05, 0.1) is 24.2 Å². The Labute approximate surface area is 91.4 Å². The van der Waals surface area contributed by atoms with Crippen molar-refractivity contribution in [1.29, 1.82) is 0 Å². The fourth-order valence-electron chi connectivity index (χ4n) is 1.67. The van der Waals surface area contributed by atoms with Crippen LogP contribution in [0, 0.1) is 15.9 Å². The molecule has 1 aliphatic rings. The summed E-state index contributed by atoms with van der Waals surface area (Å²) < 4.78 is 18.6. The van der Waals surface area contributed by atoms with Gasteiger partial charge in [-0.05, 0) is 11.6 Å². The Balaban J connectivity index is 2.23. The summed E-state index contributed by atoms with van der Waals surface area (Å²) in [4.78, 5) is 9.70. The SMILES string of the molecule is O=[N+]([O-])c1ccc(C2COCCN2)cc1F. The molecule has 0 bridgehead atoms. The lowest BCUT2D eigenvalue weighted by atomic mass is 10.1. The number of nitrogens with zero attached hydrogens (tertiary/aromatic N) is 1. The number of benzene rings is 1. The van der Waals surface area contributed by atoms with Crippen LogP contribution in [-0.2, 0) is 4.74 Å². The fourth-order valence-corrected chi connectivity index (χ4v) is 1.67. The van der Waals surface area contributed by atoms with E-state index in [-0.39, 0.29) is 6.04 Å². The van der Waals surface area contributed by atoms with Gasteiger partial charge >= 0.3 is 5.69 Å². The van der Waals surface area contributed by atoms with Crippen molar-refractivity contribution in [3.05, 3.63) is 39.7 Å². The molecule has 0 saturated carbocycles. The number of nitrogens with one attached hydrogen (secondary N) is 1. The highest BCUT2D eigenvalue weighted by molar-refractivity contribution is 5.36. The molecular formula is C10H11FN2O3. The molecule has 0 aliphatic carbocycles. The molecule has 1 fully saturated rings. The minimum Gasteiger partial charge on any atom is -0.378 e. The molecule has 5 nitrogen and oxygen atoms in total. The van der Waals surface area contributed by atoms with Crippen LogP contribution in [0.2, 0.25) is 0 Å². The van der Waals surface area contributed by atoms with Gasteiger partial charge in [-0.3, -0.25) is 10.1 Å². The Kier molecular flexibility index (Phi) is 3.12. The number of nitro groups is 1. The van der Waals surface area contributed by atoms with Gasteiger partial charge in [-0.25, -0.2) is 0 Å². The highest BCUT2D eigenvalue weighted by Gasteiger charge is 2.19. The summed E-state index contributed by atoms with van der Waals surface area (Å²) in [7, 11) is 0. The van der Waals surface area contributed by atoms with Crippen molar-refractivity contribution in [3.63, 3.8) is 0 Å². The Morgan fingerprint density at radius 2 is 2.38 bits per heavy atom.